The second-order valence-electron chi connectivity index (χ2n) is 6.37. The molecule has 0 bridgehead atoms. The van der Waals surface area contributed by atoms with Crippen LogP contribution >= 0.6 is 11.6 Å². The highest BCUT2D eigenvalue weighted by Crippen LogP contribution is 2.15. The summed E-state index contributed by atoms with van der Waals surface area (Å²) in [4.78, 5) is 23.1. The number of carboxylic acid groups (broad SMARTS) is 1. The largest absolute Gasteiger partial charge is 0.611 e. The van der Waals surface area contributed by atoms with E-state index in [0.29, 0.717) is 16.3 Å². The highest BCUT2D eigenvalue weighted by Gasteiger charge is 2.21. The fourth-order valence-corrected chi connectivity index (χ4v) is 4.58. The molecular formula is C19H21ClN2O6S2. The van der Waals surface area contributed by atoms with Gasteiger partial charge < -0.3 is 15.0 Å². The van der Waals surface area contributed by atoms with Crippen molar-refractivity contribution in [1.82, 2.24) is 10.0 Å². The van der Waals surface area contributed by atoms with Crippen LogP contribution in [0.15, 0.2) is 58.3 Å². The molecule has 0 saturated carbocycles. The van der Waals surface area contributed by atoms with Crippen molar-refractivity contribution in [1.29, 1.82) is 0 Å². The second kappa shape index (κ2) is 10.8. The summed E-state index contributed by atoms with van der Waals surface area (Å²) in [5, 5.41) is 11.5. The zero-order chi connectivity index (χ0) is 22.3. The molecule has 2 rings (SSSR count). The Morgan fingerprint density at radius 2 is 1.87 bits per heavy atom. The van der Waals surface area contributed by atoms with Crippen molar-refractivity contribution in [3.63, 3.8) is 0 Å². The first-order valence-corrected chi connectivity index (χ1v) is 12.0. The molecule has 0 spiro atoms. The average Bonchev–Trinajstić information content (AvgIpc) is 2.68. The predicted octanol–water partition coefficient (Wildman–Crippen LogP) is 1.56. The quantitative estimate of drug-likeness (QED) is 0.449. The van der Waals surface area contributed by atoms with Crippen molar-refractivity contribution in [3.8, 4) is 0 Å². The van der Waals surface area contributed by atoms with Crippen molar-refractivity contribution in [2.24, 2.45) is 0 Å². The van der Waals surface area contributed by atoms with Gasteiger partial charge in [-0.2, -0.15) is 0 Å². The molecule has 8 nitrogen and oxygen atoms in total. The molecule has 0 aliphatic heterocycles. The molecule has 0 saturated heterocycles. The summed E-state index contributed by atoms with van der Waals surface area (Å²) in [6.45, 7) is 1.44. The monoisotopic (exact) mass is 472 g/mol. The third-order valence-electron chi connectivity index (χ3n) is 4.00. The van der Waals surface area contributed by atoms with Gasteiger partial charge in [-0.3, -0.25) is 9.59 Å². The number of sulfonamides is 1. The molecule has 2 aromatic carbocycles. The lowest BCUT2D eigenvalue weighted by Gasteiger charge is -2.13. The Kier molecular flexibility index (Phi) is 8.68. The average molecular weight is 473 g/mol. The van der Waals surface area contributed by atoms with E-state index < -0.39 is 39.1 Å². The molecule has 1 amide bonds. The van der Waals surface area contributed by atoms with Crippen LogP contribution in [0.1, 0.15) is 12.5 Å². The van der Waals surface area contributed by atoms with E-state index >= 15 is 0 Å². The van der Waals surface area contributed by atoms with E-state index in [1.807, 2.05) is 0 Å². The lowest BCUT2D eigenvalue weighted by Crippen LogP contribution is -2.41. The first-order chi connectivity index (χ1) is 14.1. The zero-order valence-corrected chi connectivity index (χ0v) is 18.4. The standard InChI is InChI=1S/C19H21ClN2O6S2/c1-13(19(24)25)22-18(23)12-29(26)16-4-2-3-14(11-16)9-10-21-30(27,28)17-7-5-15(20)6-8-17/h2-8,11,13,21H,9-10,12H2,1H3,(H,22,23)(H,24,25). The maximum atomic E-state index is 12.4. The van der Waals surface area contributed by atoms with Gasteiger partial charge in [0.15, 0.2) is 10.6 Å². The van der Waals surface area contributed by atoms with Crippen LogP contribution in [-0.2, 0) is 37.2 Å². The summed E-state index contributed by atoms with van der Waals surface area (Å²) in [5.41, 5.74) is 0.735. The van der Waals surface area contributed by atoms with E-state index in [0.717, 1.165) is 5.56 Å². The Labute approximate surface area is 182 Å². The number of amides is 1. The van der Waals surface area contributed by atoms with Gasteiger partial charge in [0.1, 0.15) is 6.04 Å². The first-order valence-electron chi connectivity index (χ1n) is 8.83. The minimum Gasteiger partial charge on any atom is -0.611 e. The van der Waals surface area contributed by atoms with Crippen molar-refractivity contribution >= 4 is 44.7 Å². The molecule has 11 heteroatoms. The fraction of sp³-hybridized carbons (Fsp3) is 0.263. The zero-order valence-electron chi connectivity index (χ0n) is 16.0. The van der Waals surface area contributed by atoms with Gasteiger partial charge in [0.05, 0.1) is 4.90 Å². The van der Waals surface area contributed by atoms with E-state index in [1.165, 1.54) is 31.2 Å². The molecule has 162 valence electrons. The molecule has 3 N–H and O–H groups in total. The van der Waals surface area contributed by atoms with Crippen molar-refractivity contribution < 1.29 is 27.7 Å². The van der Waals surface area contributed by atoms with Crippen molar-refractivity contribution in [3.05, 3.63) is 59.1 Å². The molecule has 2 aromatic rings. The van der Waals surface area contributed by atoms with E-state index in [1.54, 1.807) is 24.3 Å². The second-order valence-corrected chi connectivity index (χ2v) is 10.0. The summed E-state index contributed by atoms with van der Waals surface area (Å²) in [6, 6.07) is 11.3. The maximum absolute atomic E-state index is 12.4. The normalized spacial score (nSPS) is 13.4. The van der Waals surface area contributed by atoms with E-state index in [9.17, 15) is 22.6 Å². The molecule has 0 aromatic heterocycles. The van der Waals surface area contributed by atoms with Gasteiger partial charge >= 0.3 is 5.97 Å². The molecule has 30 heavy (non-hydrogen) atoms. The summed E-state index contributed by atoms with van der Waals surface area (Å²) in [5.74, 6) is -2.19. The van der Waals surface area contributed by atoms with E-state index in [-0.39, 0.29) is 17.2 Å². The lowest BCUT2D eigenvalue weighted by molar-refractivity contribution is -0.140. The Morgan fingerprint density at radius 1 is 1.20 bits per heavy atom. The SMILES string of the molecule is CC(NC(=O)C[S+]([O-])c1cccc(CCNS(=O)(=O)c2ccc(Cl)cc2)c1)C(=O)O. The van der Waals surface area contributed by atoms with Gasteiger partial charge in [0.2, 0.25) is 10.0 Å². The molecule has 0 aliphatic carbocycles. The van der Waals surface area contributed by atoms with Gasteiger partial charge in [-0.15, -0.1) is 0 Å². The number of carboxylic acids is 1. The van der Waals surface area contributed by atoms with Gasteiger partial charge in [0.25, 0.3) is 5.91 Å². The molecule has 0 aliphatic rings. The third kappa shape index (κ3) is 7.29. The van der Waals surface area contributed by atoms with Gasteiger partial charge in [-0.25, -0.2) is 13.1 Å². The highest BCUT2D eigenvalue weighted by atomic mass is 35.5. The number of carbonyl (C=O) groups is 2. The van der Waals surface area contributed by atoms with Gasteiger partial charge in [-0.05, 0) is 66.5 Å². The molecular weight excluding hydrogens is 452 g/mol. The number of hydrogen-bond acceptors (Lipinski definition) is 5. The molecule has 0 fully saturated rings. The highest BCUT2D eigenvalue weighted by molar-refractivity contribution is 7.92. The predicted molar refractivity (Wildman–Crippen MR) is 113 cm³/mol. The number of rotatable bonds is 10. The fourth-order valence-electron chi connectivity index (χ4n) is 2.42. The Balaban J connectivity index is 1.92. The number of benzene rings is 2. The van der Waals surface area contributed by atoms with Crippen LogP contribution in [0, 0.1) is 0 Å². The van der Waals surface area contributed by atoms with Crippen LogP contribution in [0.5, 0.6) is 0 Å². The summed E-state index contributed by atoms with van der Waals surface area (Å²) in [6.07, 6.45) is 0.347. The third-order valence-corrected chi connectivity index (χ3v) is 7.03. The molecule has 0 heterocycles. The first kappa shape index (κ1) is 24.2. The number of hydrogen-bond donors (Lipinski definition) is 3. The van der Waals surface area contributed by atoms with Gasteiger partial charge in [0, 0.05) is 11.6 Å². The van der Waals surface area contributed by atoms with Crippen molar-refractivity contribution in [2.45, 2.75) is 29.2 Å². The number of carbonyl (C=O) groups excluding carboxylic acids is 1. The maximum Gasteiger partial charge on any atom is 0.325 e. The summed E-state index contributed by atoms with van der Waals surface area (Å²) >= 11 is 4.10. The minimum atomic E-state index is -3.68. The van der Waals surface area contributed by atoms with Crippen LogP contribution in [-0.4, -0.2) is 48.3 Å². The Bertz CT molecular complexity index is 998. The van der Waals surface area contributed by atoms with Crippen LogP contribution in [0.25, 0.3) is 0 Å². The molecule has 2 atom stereocenters. The molecule has 0 radical (unpaired) electrons. The molecule has 2 unspecified atom stereocenters. The van der Waals surface area contributed by atoms with Crippen LogP contribution in [0.4, 0.5) is 0 Å². The van der Waals surface area contributed by atoms with Crippen LogP contribution < -0.4 is 10.0 Å². The summed E-state index contributed by atoms with van der Waals surface area (Å²) < 4.78 is 39.4. The Hall–Kier alpha value is -2.11. The van der Waals surface area contributed by atoms with Crippen LogP contribution in [0.3, 0.4) is 0 Å². The van der Waals surface area contributed by atoms with Crippen molar-refractivity contribution in [2.75, 3.05) is 12.3 Å². The summed E-state index contributed by atoms with van der Waals surface area (Å²) in [7, 11) is -3.68. The number of aliphatic carboxylic acids is 1. The minimum absolute atomic E-state index is 0.100. The van der Waals surface area contributed by atoms with Crippen LogP contribution in [0.2, 0.25) is 5.02 Å². The topological polar surface area (TPSA) is 136 Å². The van der Waals surface area contributed by atoms with E-state index in [2.05, 4.69) is 10.0 Å². The number of nitrogens with one attached hydrogen (secondary N) is 2. The van der Waals surface area contributed by atoms with Gasteiger partial charge in [-0.1, -0.05) is 23.7 Å². The number of halogens is 1. The smallest absolute Gasteiger partial charge is 0.325 e. The Morgan fingerprint density at radius 3 is 2.50 bits per heavy atom. The van der Waals surface area contributed by atoms with E-state index in [4.69, 9.17) is 16.7 Å². The lowest BCUT2D eigenvalue weighted by atomic mass is 10.2.